The highest BCUT2D eigenvalue weighted by atomic mass is 35.5. The second kappa shape index (κ2) is 3.99. The van der Waals surface area contributed by atoms with E-state index in [4.69, 9.17) is 17.3 Å². The number of hydrogen-bond donors (Lipinski definition) is 1. The van der Waals surface area contributed by atoms with Crippen LogP contribution >= 0.6 is 11.6 Å². The standard InChI is InChI=1S/C12H12ClN/c13-12-3-1-2-10-5-4-9(6-7-14)8-11(10)12/h1-5,8H,6-7,14H2. The molecule has 0 saturated heterocycles. The van der Waals surface area contributed by atoms with Crippen molar-refractivity contribution in [2.24, 2.45) is 5.73 Å². The van der Waals surface area contributed by atoms with Crippen LogP contribution in [0.3, 0.4) is 0 Å². The van der Waals surface area contributed by atoms with E-state index in [1.165, 1.54) is 10.9 Å². The van der Waals surface area contributed by atoms with E-state index in [9.17, 15) is 0 Å². The highest BCUT2D eigenvalue weighted by Gasteiger charge is 1.99. The van der Waals surface area contributed by atoms with E-state index in [0.717, 1.165) is 16.8 Å². The van der Waals surface area contributed by atoms with Crippen molar-refractivity contribution in [3.8, 4) is 0 Å². The molecule has 0 spiro atoms. The Morgan fingerprint density at radius 2 is 2.00 bits per heavy atom. The molecule has 0 fully saturated rings. The summed E-state index contributed by atoms with van der Waals surface area (Å²) in [7, 11) is 0. The van der Waals surface area contributed by atoms with Crippen molar-refractivity contribution in [2.45, 2.75) is 6.42 Å². The van der Waals surface area contributed by atoms with E-state index < -0.39 is 0 Å². The lowest BCUT2D eigenvalue weighted by Gasteiger charge is -2.03. The van der Waals surface area contributed by atoms with Crippen molar-refractivity contribution >= 4 is 22.4 Å². The predicted octanol–water partition coefficient (Wildman–Crippen LogP) is 2.99. The molecule has 0 unspecified atom stereocenters. The van der Waals surface area contributed by atoms with Gasteiger partial charge in [0.2, 0.25) is 0 Å². The first-order chi connectivity index (χ1) is 6.81. The number of rotatable bonds is 2. The maximum absolute atomic E-state index is 6.10. The maximum atomic E-state index is 6.10. The Morgan fingerprint density at radius 3 is 2.79 bits per heavy atom. The van der Waals surface area contributed by atoms with Crippen LogP contribution in [0.4, 0.5) is 0 Å². The van der Waals surface area contributed by atoms with Gasteiger partial charge >= 0.3 is 0 Å². The summed E-state index contributed by atoms with van der Waals surface area (Å²) >= 11 is 6.10. The Balaban J connectivity index is 2.58. The summed E-state index contributed by atoms with van der Waals surface area (Å²) in [6.07, 6.45) is 0.904. The van der Waals surface area contributed by atoms with Crippen LogP contribution in [0.25, 0.3) is 10.8 Å². The van der Waals surface area contributed by atoms with Crippen molar-refractivity contribution in [1.29, 1.82) is 0 Å². The highest BCUT2D eigenvalue weighted by molar-refractivity contribution is 6.35. The average molecular weight is 206 g/mol. The average Bonchev–Trinajstić information content (AvgIpc) is 2.20. The number of benzene rings is 2. The van der Waals surface area contributed by atoms with Gasteiger partial charge in [-0.1, -0.05) is 35.9 Å². The van der Waals surface area contributed by atoms with Gasteiger partial charge in [-0.3, -0.25) is 0 Å². The Bertz CT molecular complexity index is 451. The summed E-state index contributed by atoms with van der Waals surface area (Å²) in [4.78, 5) is 0. The van der Waals surface area contributed by atoms with Gasteiger partial charge in [-0.25, -0.2) is 0 Å². The van der Waals surface area contributed by atoms with Gasteiger partial charge in [-0.2, -0.15) is 0 Å². The van der Waals surface area contributed by atoms with Gasteiger partial charge in [0.1, 0.15) is 0 Å². The second-order valence-corrected chi connectivity index (χ2v) is 3.74. The lowest BCUT2D eigenvalue weighted by molar-refractivity contribution is 0.971. The Morgan fingerprint density at radius 1 is 1.14 bits per heavy atom. The summed E-state index contributed by atoms with van der Waals surface area (Å²) in [6.45, 7) is 0.677. The van der Waals surface area contributed by atoms with Crippen molar-refractivity contribution in [3.05, 3.63) is 47.0 Å². The molecule has 0 aliphatic rings. The van der Waals surface area contributed by atoms with Gasteiger partial charge < -0.3 is 5.73 Å². The first-order valence-electron chi connectivity index (χ1n) is 4.68. The second-order valence-electron chi connectivity index (χ2n) is 3.33. The van der Waals surface area contributed by atoms with Crippen LogP contribution < -0.4 is 5.73 Å². The molecule has 0 aliphatic heterocycles. The molecular formula is C12H12ClN. The smallest absolute Gasteiger partial charge is 0.0484 e. The molecule has 1 nitrogen and oxygen atoms in total. The van der Waals surface area contributed by atoms with E-state index >= 15 is 0 Å². The minimum absolute atomic E-state index is 0.677. The van der Waals surface area contributed by atoms with Crippen LogP contribution in [-0.2, 0) is 6.42 Å². The van der Waals surface area contributed by atoms with Crippen LogP contribution in [0.15, 0.2) is 36.4 Å². The predicted molar refractivity (Wildman–Crippen MR) is 61.7 cm³/mol. The van der Waals surface area contributed by atoms with Gasteiger partial charge in [-0.05, 0) is 36.0 Å². The number of halogens is 1. The number of fused-ring (bicyclic) bond motifs is 1. The molecule has 2 aromatic rings. The molecule has 0 bridgehead atoms. The molecule has 0 heterocycles. The van der Waals surface area contributed by atoms with Gasteiger partial charge in [-0.15, -0.1) is 0 Å². The fourth-order valence-electron chi connectivity index (χ4n) is 1.60. The number of hydrogen-bond acceptors (Lipinski definition) is 1. The third kappa shape index (κ3) is 1.74. The van der Waals surface area contributed by atoms with Gasteiger partial charge in [0.25, 0.3) is 0 Å². The van der Waals surface area contributed by atoms with Gasteiger partial charge in [0.05, 0.1) is 0 Å². The van der Waals surface area contributed by atoms with Crippen LogP contribution in [0.1, 0.15) is 5.56 Å². The van der Waals surface area contributed by atoms with Crippen LogP contribution in [0, 0.1) is 0 Å². The van der Waals surface area contributed by atoms with Crippen LogP contribution in [0.5, 0.6) is 0 Å². The fraction of sp³-hybridized carbons (Fsp3) is 0.167. The zero-order valence-corrected chi connectivity index (χ0v) is 8.59. The summed E-state index contributed by atoms with van der Waals surface area (Å²) in [5.74, 6) is 0. The minimum atomic E-state index is 0.677. The van der Waals surface area contributed by atoms with Gasteiger partial charge in [0.15, 0.2) is 0 Å². The van der Waals surface area contributed by atoms with E-state index in [0.29, 0.717) is 6.54 Å². The first-order valence-corrected chi connectivity index (χ1v) is 5.06. The highest BCUT2D eigenvalue weighted by Crippen LogP contribution is 2.24. The molecule has 2 N–H and O–H groups in total. The quantitative estimate of drug-likeness (QED) is 0.802. The van der Waals surface area contributed by atoms with E-state index in [1.807, 2.05) is 12.1 Å². The van der Waals surface area contributed by atoms with Crippen LogP contribution in [-0.4, -0.2) is 6.54 Å². The molecule has 2 aromatic carbocycles. The molecule has 0 aromatic heterocycles. The van der Waals surface area contributed by atoms with Crippen LogP contribution in [0.2, 0.25) is 5.02 Å². The van der Waals surface area contributed by atoms with Crippen molar-refractivity contribution < 1.29 is 0 Å². The van der Waals surface area contributed by atoms with Crippen molar-refractivity contribution in [2.75, 3.05) is 6.54 Å². The molecule has 0 aliphatic carbocycles. The number of nitrogens with two attached hydrogens (primary N) is 1. The molecule has 0 atom stereocenters. The Kier molecular flexibility index (Phi) is 2.71. The molecule has 2 heteroatoms. The molecule has 14 heavy (non-hydrogen) atoms. The van der Waals surface area contributed by atoms with E-state index in [-0.39, 0.29) is 0 Å². The van der Waals surface area contributed by atoms with E-state index in [2.05, 4.69) is 24.3 Å². The SMILES string of the molecule is NCCc1ccc2cccc(Cl)c2c1. The zero-order valence-electron chi connectivity index (χ0n) is 7.83. The largest absolute Gasteiger partial charge is 0.330 e. The molecule has 72 valence electrons. The molecule has 2 rings (SSSR count). The maximum Gasteiger partial charge on any atom is 0.0484 e. The zero-order chi connectivity index (χ0) is 9.97. The van der Waals surface area contributed by atoms with E-state index in [1.54, 1.807) is 0 Å². The first kappa shape index (κ1) is 9.50. The molecule has 0 amide bonds. The lowest BCUT2D eigenvalue weighted by atomic mass is 10.1. The fourth-order valence-corrected chi connectivity index (χ4v) is 1.84. The monoisotopic (exact) mass is 205 g/mol. The lowest BCUT2D eigenvalue weighted by Crippen LogP contribution is -2.02. The van der Waals surface area contributed by atoms with Crippen molar-refractivity contribution in [1.82, 2.24) is 0 Å². The summed E-state index contributed by atoms with van der Waals surface area (Å²) in [6, 6.07) is 12.2. The normalized spacial score (nSPS) is 10.7. The Labute approximate surface area is 88.5 Å². The van der Waals surface area contributed by atoms with Gasteiger partial charge in [0, 0.05) is 10.4 Å². The third-order valence-corrected chi connectivity index (χ3v) is 2.66. The minimum Gasteiger partial charge on any atom is -0.330 e. The summed E-state index contributed by atoms with van der Waals surface area (Å²) in [5.41, 5.74) is 6.75. The topological polar surface area (TPSA) is 26.0 Å². The summed E-state index contributed by atoms with van der Waals surface area (Å²) < 4.78 is 0. The molecule has 0 saturated carbocycles. The molecular weight excluding hydrogens is 194 g/mol. The third-order valence-electron chi connectivity index (χ3n) is 2.33. The van der Waals surface area contributed by atoms with Crippen molar-refractivity contribution in [3.63, 3.8) is 0 Å². The molecule has 0 radical (unpaired) electrons. The summed E-state index contributed by atoms with van der Waals surface area (Å²) in [5, 5.41) is 3.10. The Hall–Kier alpha value is -1.05.